The number of nitrogens with two attached hydrogens (primary N) is 1. The molecule has 0 radical (unpaired) electrons. The van der Waals surface area contributed by atoms with Crippen LogP contribution in [0.25, 0.3) is 0 Å². The molecule has 5 N–H and O–H groups in total. The second kappa shape index (κ2) is 9.24. The Morgan fingerprint density at radius 1 is 1.12 bits per heavy atom. The van der Waals surface area contributed by atoms with Crippen molar-refractivity contribution in [2.24, 2.45) is 23.5 Å². The monoisotopic (exact) mass is 380 g/mol. The first kappa shape index (κ1) is 20.5. The van der Waals surface area contributed by atoms with Crippen LogP contribution >= 0.6 is 12.4 Å². The van der Waals surface area contributed by atoms with Crippen molar-refractivity contribution >= 4 is 35.7 Å². The van der Waals surface area contributed by atoms with Crippen LogP contribution in [0.5, 0.6) is 0 Å². The summed E-state index contributed by atoms with van der Waals surface area (Å²) >= 11 is 0. The summed E-state index contributed by atoms with van der Waals surface area (Å²) in [6.07, 6.45) is 5.31. The molecule has 2 bridgehead atoms. The minimum Gasteiger partial charge on any atom is -0.338 e. The van der Waals surface area contributed by atoms with Crippen molar-refractivity contribution in [2.45, 2.75) is 45.1 Å². The average molecular weight is 381 g/mol. The molecule has 3 amide bonds. The Bertz CT molecular complexity index is 626. The Balaban J connectivity index is 0.00000243. The van der Waals surface area contributed by atoms with Crippen molar-refractivity contribution in [3.05, 3.63) is 24.3 Å². The molecule has 2 fully saturated rings. The van der Waals surface area contributed by atoms with Crippen LogP contribution in [0.1, 0.15) is 39.0 Å². The van der Waals surface area contributed by atoms with Crippen LogP contribution in [0.15, 0.2) is 24.3 Å². The van der Waals surface area contributed by atoms with Crippen LogP contribution in [0.3, 0.4) is 0 Å². The number of hydrogen-bond donors (Lipinski definition) is 4. The topological polar surface area (TPSA) is 96.2 Å². The highest BCUT2D eigenvalue weighted by Gasteiger charge is 2.40. The molecule has 2 atom stereocenters. The molecule has 6 nitrogen and oxygen atoms in total. The summed E-state index contributed by atoms with van der Waals surface area (Å²) in [5.41, 5.74) is 7.68. The van der Waals surface area contributed by atoms with Gasteiger partial charge in [0.15, 0.2) is 0 Å². The van der Waals surface area contributed by atoms with Gasteiger partial charge < -0.3 is 21.7 Å². The second-order valence-electron chi connectivity index (χ2n) is 7.25. The first-order valence-electron chi connectivity index (χ1n) is 9.28. The van der Waals surface area contributed by atoms with E-state index in [0.717, 1.165) is 25.7 Å². The Labute approximate surface area is 161 Å². The number of benzene rings is 1. The van der Waals surface area contributed by atoms with E-state index in [1.54, 1.807) is 12.1 Å². The summed E-state index contributed by atoms with van der Waals surface area (Å²) in [5.74, 6) is 1.07. The summed E-state index contributed by atoms with van der Waals surface area (Å²) < 4.78 is 0. The van der Waals surface area contributed by atoms with E-state index in [1.165, 1.54) is 6.42 Å². The van der Waals surface area contributed by atoms with E-state index in [0.29, 0.717) is 29.8 Å². The molecule has 2 saturated carbocycles. The van der Waals surface area contributed by atoms with Gasteiger partial charge in [0.1, 0.15) is 0 Å². The van der Waals surface area contributed by atoms with E-state index in [1.807, 2.05) is 19.1 Å². The minimum atomic E-state index is -0.250. The predicted octanol–water partition coefficient (Wildman–Crippen LogP) is 3.34. The Hall–Kier alpha value is -1.79. The van der Waals surface area contributed by atoms with Gasteiger partial charge in [0.05, 0.1) is 0 Å². The zero-order chi connectivity index (χ0) is 17.8. The first-order valence-corrected chi connectivity index (χ1v) is 9.28. The number of halogens is 1. The smallest absolute Gasteiger partial charge is 0.319 e. The fraction of sp³-hybridized carbons (Fsp3) is 0.579. The Morgan fingerprint density at radius 3 is 2.35 bits per heavy atom. The van der Waals surface area contributed by atoms with Crippen LogP contribution < -0.4 is 21.7 Å². The lowest BCUT2D eigenvalue weighted by Crippen LogP contribution is -2.48. The molecule has 26 heavy (non-hydrogen) atoms. The van der Waals surface area contributed by atoms with Gasteiger partial charge in [-0.3, -0.25) is 4.79 Å². The average Bonchev–Trinajstić information content (AvgIpc) is 2.55. The van der Waals surface area contributed by atoms with E-state index in [-0.39, 0.29) is 36.3 Å². The summed E-state index contributed by atoms with van der Waals surface area (Å²) in [4.78, 5) is 24.3. The van der Waals surface area contributed by atoms with Crippen molar-refractivity contribution < 1.29 is 9.59 Å². The molecule has 144 valence electrons. The van der Waals surface area contributed by atoms with Gasteiger partial charge >= 0.3 is 6.03 Å². The number of carbonyl (C=O) groups is 2. The third-order valence-electron chi connectivity index (χ3n) is 5.51. The van der Waals surface area contributed by atoms with E-state index in [9.17, 15) is 9.59 Å². The number of amides is 3. The number of nitrogens with one attached hydrogen (secondary N) is 3. The number of fused-ring (bicyclic) bond motifs is 2. The quantitative estimate of drug-likeness (QED) is 0.645. The van der Waals surface area contributed by atoms with Crippen molar-refractivity contribution in [2.75, 3.05) is 17.2 Å². The van der Waals surface area contributed by atoms with Gasteiger partial charge in [0.2, 0.25) is 5.91 Å². The molecule has 7 heteroatoms. The molecule has 0 aromatic heterocycles. The van der Waals surface area contributed by atoms with Crippen molar-refractivity contribution in [1.29, 1.82) is 0 Å². The summed E-state index contributed by atoms with van der Waals surface area (Å²) in [5, 5.41) is 8.45. The van der Waals surface area contributed by atoms with Crippen LogP contribution in [0, 0.1) is 17.8 Å². The van der Waals surface area contributed by atoms with E-state index in [4.69, 9.17) is 5.73 Å². The largest absolute Gasteiger partial charge is 0.338 e. The van der Waals surface area contributed by atoms with E-state index < -0.39 is 0 Å². The molecule has 3 rings (SSSR count). The first-order chi connectivity index (χ1) is 12.1. The Morgan fingerprint density at radius 2 is 1.73 bits per heavy atom. The highest BCUT2D eigenvalue weighted by Crippen LogP contribution is 2.42. The third-order valence-corrected chi connectivity index (χ3v) is 5.51. The summed E-state index contributed by atoms with van der Waals surface area (Å²) in [6, 6.07) is 7.26. The normalized spacial score (nSPS) is 27.0. The SMILES string of the molecule is CCNC(=O)Nc1cccc(NC(=O)C2CC3CCCC(C2)C3N)c1.Cl. The van der Waals surface area contributed by atoms with Crippen LogP contribution in [-0.4, -0.2) is 24.5 Å². The lowest BCUT2D eigenvalue weighted by molar-refractivity contribution is -0.122. The predicted molar refractivity (Wildman–Crippen MR) is 107 cm³/mol. The molecular weight excluding hydrogens is 352 g/mol. The van der Waals surface area contributed by atoms with Gasteiger partial charge in [-0.25, -0.2) is 4.79 Å². The van der Waals surface area contributed by atoms with Crippen LogP contribution in [0.4, 0.5) is 16.2 Å². The lowest BCUT2D eigenvalue weighted by atomic mass is 9.65. The van der Waals surface area contributed by atoms with Gasteiger partial charge in [-0.2, -0.15) is 0 Å². The number of carbonyl (C=O) groups excluding carboxylic acids is 2. The molecule has 0 spiro atoms. The minimum absolute atomic E-state index is 0. The van der Waals surface area contributed by atoms with Crippen molar-refractivity contribution in [1.82, 2.24) is 5.32 Å². The molecule has 0 heterocycles. The molecule has 1 aromatic carbocycles. The van der Waals surface area contributed by atoms with E-state index in [2.05, 4.69) is 16.0 Å². The molecule has 0 saturated heterocycles. The molecular formula is C19H29ClN4O2. The maximum absolute atomic E-state index is 12.7. The van der Waals surface area contributed by atoms with Gasteiger partial charge in [-0.05, 0) is 62.6 Å². The van der Waals surface area contributed by atoms with Gasteiger partial charge in [-0.1, -0.05) is 12.5 Å². The number of urea groups is 1. The molecule has 2 aliphatic rings. The van der Waals surface area contributed by atoms with Crippen molar-refractivity contribution in [3.8, 4) is 0 Å². The zero-order valence-corrected chi connectivity index (χ0v) is 16.0. The fourth-order valence-electron chi connectivity index (χ4n) is 4.26. The molecule has 2 unspecified atom stereocenters. The second-order valence-corrected chi connectivity index (χ2v) is 7.25. The summed E-state index contributed by atoms with van der Waals surface area (Å²) in [6.45, 7) is 2.43. The van der Waals surface area contributed by atoms with Gasteiger partial charge in [-0.15, -0.1) is 12.4 Å². The fourth-order valence-corrected chi connectivity index (χ4v) is 4.26. The van der Waals surface area contributed by atoms with E-state index >= 15 is 0 Å². The highest BCUT2D eigenvalue weighted by atomic mass is 35.5. The van der Waals surface area contributed by atoms with Gasteiger partial charge in [0.25, 0.3) is 0 Å². The number of hydrogen-bond acceptors (Lipinski definition) is 3. The maximum atomic E-state index is 12.7. The third kappa shape index (κ3) is 4.89. The van der Waals surface area contributed by atoms with Crippen LogP contribution in [-0.2, 0) is 4.79 Å². The van der Waals surface area contributed by atoms with Crippen LogP contribution in [0.2, 0.25) is 0 Å². The number of rotatable bonds is 4. The standard InChI is InChI=1S/C19H28N4O2.ClH/c1-2-21-19(25)23-16-8-4-7-15(11-16)22-18(24)14-9-12-5-3-6-13(10-14)17(12)20;/h4,7-8,11-14,17H,2-3,5-6,9-10,20H2,1H3,(H,22,24)(H2,21,23,25);1H. The highest BCUT2D eigenvalue weighted by molar-refractivity contribution is 5.94. The van der Waals surface area contributed by atoms with Crippen molar-refractivity contribution in [3.63, 3.8) is 0 Å². The molecule has 1 aromatic rings. The zero-order valence-electron chi connectivity index (χ0n) is 15.2. The number of anilines is 2. The lowest BCUT2D eigenvalue weighted by Gasteiger charge is -2.43. The maximum Gasteiger partial charge on any atom is 0.319 e. The molecule has 2 aliphatic carbocycles. The Kier molecular flexibility index (Phi) is 7.29. The molecule has 0 aliphatic heterocycles. The van der Waals surface area contributed by atoms with Gasteiger partial charge in [0, 0.05) is 29.9 Å². The summed E-state index contributed by atoms with van der Waals surface area (Å²) in [7, 11) is 0.